The number of piperidine rings is 1. The Bertz CT molecular complexity index is 452. The minimum absolute atomic E-state index is 0.140. The Morgan fingerprint density at radius 3 is 2.40 bits per heavy atom. The normalized spacial score (nSPS) is 22.6. The predicted molar refractivity (Wildman–Crippen MR) is 67.7 cm³/mol. The highest BCUT2D eigenvalue weighted by Gasteiger charge is 2.35. The molecular weight excluding hydrogens is 293 g/mol. The van der Waals surface area contributed by atoms with Gasteiger partial charge in [0.25, 0.3) is 0 Å². The third kappa shape index (κ3) is 2.91. The Morgan fingerprint density at radius 2 is 1.85 bits per heavy atom. The van der Waals surface area contributed by atoms with Gasteiger partial charge in [-0.05, 0) is 12.8 Å². The van der Waals surface area contributed by atoms with Crippen LogP contribution in [-0.2, 0) is 15.7 Å². The third-order valence-electron chi connectivity index (χ3n) is 3.62. The molecule has 8 heteroatoms. The van der Waals surface area contributed by atoms with E-state index in [0.717, 1.165) is 19.0 Å². The summed E-state index contributed by atoms with van der Waals surface area (Å²) in [4.78, 5) is 5.16. The molecule has 1 aromatic rings. The van der Waals surface area contributed by atoms with E-state index in [9.17, 15) is 13.2 Å². The Kier molecular flexibility index (Phi) is 3.87. The van der Waals surface area contributed by atoms with Crippen molar-refractivity contribution < 1.29 is 22.6 Å². The van der Waals surface area contributed by atoms with E-state index in [1.807, 2.05) is 4.90 Å². The van der Waals surface area contributed by atoms with Crippen molar-refractivity contribution in [2.45, 2.75) is 25.3 Å². The zero-order valence-electron chi connectivity index (χ0n) is 10.7. The van der Waals surface area contributed by atoms with Crippen LogP contribution in [0.15, 0.2) is 6.20 Å². The molecule has 0 N–H and O–H groups in total. The summed E-state index contributed by atoms with van der Waals surface area (Å²) in [5.74, 6) is 0.329. The zero-order chi connectivity index (χ0) is 14.2. The first-order valence-electron chi connectivity index (χ1n) is 6.55. The molecule has 2 saturated heterocycles. The van der Waals surface area contributed by atoms with Gasteiger partial charge in [-0.25, -0.2) is 4.98 Å². The molecule has 0 atom stereocenters. The summed E-state index contributed by atoms with van der Waals surface area (Å²) in [7, 11) is 0. The van der Waals surface area contributed by atoms with Crippen LogP contribution in [0.1, 0.15) is 17.7 Å². The van der Waals surface area contributed by atoms with E-state index in [2.05, 4.69) is 4.98 Å². The van der Waals surface area contributed by atoms with Crippen LogP contribution < -0.4 is 4.90 Å². The molecule has 0 amide bonds. The predicted octanol–water partition coefficient (Wildman–Crippen LogP) is 2.75. The summed E-state index contributed by atoms with van der Waals surface area (Å²) >= 11 is 0.707. The summed E-state index contributed by atoms with van der Waals surface area (Å²) < 4.78 is 48.6. The highest BCUT2D eigenvalue weighted by atomic mass is 32.1. The third-order valence-corrected chi connectivity index (χ3v) is 4.72. The number of hydrogen-bond acceptors (Lipinski definition) is 5. The molecule has 1 aromatic heterocycles. The number of hydrogen-bond donors (Lipinski definition) is 0. The van der Waals surface area contributed by atoms with Gasteiger partial charge in [-0.15, -0.1) is 0 Å². The van der Waals surface area contributed by atoms with Crippen LogP contribution in [0.3, 0.4) is 0 Å². The van der Waals surface area contributed by atoms with Crippen molar-refractivity contribution >= 4 is 16.5 Å². The lowest BCUT2D eigenvalue weighted by Crippen LogP contribution is -2.38. The monoisotopic (exact) mass is 308 g/mol. The highest BCUT2D eigenvalue weighted by Crippen LogP contribution is 2.37. The smallest absolute Gasteiger partial charge is 0.350 e. The molecule has 0 radical (unpaired) electrons. The minimum atomic E-state index is -4.31. The number of thiazole rings is 1. The van der Waals surface area contributed by atoms with Crippen LogP contribution in [0.5, 0.6) is 0 Å². The van der Waals surface area contributed by atoms with Crippen LogP contribution in [0, 0.1) is 5.92 Å². The standard InChI is InChI=1S/C12H15F3N2O2S/c13-12(14,15)9-7-16-11(20-9)17-3-1-8(2-4-17)10-18-5-6-19-10/h7-8,10H,1-6H2. The molecule has 3 heterocycles. The van der Waals surface area contributed by atoms with E-state index in [4.69, 9.17) is 9.47 Å². The second-order valence-electron chi connectivity index (χ2n) is 4.94. The molecule has 3 rings (SSSR count). The van der Waals surface area contributed by atoms with Gasteiger partial charge in [-0.2, -0.15) is 13.2 Å². The van der Waals surface area contributed by atoms with Crippen LogP contribution in [-0.4, -0.2) is 37.6 Å². The summed E-state index contributed by atoms with van der Waals surface area (Å²) in [6.07, 6.45) is -1.83. The number of nitrogens with zero attached hydrogens (tertiary/aromatic N) is 2. The van der Waals surface area contributed by atoms with E-state index in [-0.39, 0.29) is 6.29 Å². The van der Waals surface area contributed by atoms with E-state index in [1.165, 1.54) is 0 Å². The van der Waals surface area contributed by atoms with Gasteiger partial charge >= 0.3 is 6.18 Å². The van der Waals surface area contributed by atoms with Crippen LogP contribution in [0.4, 0.5) is 18.3 Å². The lowest BCUT2D eigenvalue weighted by atomic mass is 9.96. The molecule has 0 spiro atoms. The average molecular weight is 308 g/mol. The maximum atomic E-state index is 12.6. The number of aromatic nitrogens is 1. The Hall–Kier alpha value is -0.860. The fraction of sp³-hybridized carbons (Fsp3) is 0.750. The number of rotatable bonds is 2. The van der Waals surface area contributed by atoms with Gasteiger partial charge < -0.3 is 14.4 Å². The van der Waals surface area contributed by atoms with Crippen LogP contribution >= 0.6 is 11.3 Å². The molecule has 2 aliphatic heterocycles. The van der Waals surface area contributed by atoms with Gasteiger partial charge in [0.2, 0.25) is 0 Å². The molecule has 0 bridgehead atoms. The Morgan fingerprint density at radius 1 is 1.20 bits per heavy atom. The topological polar surface area (TPSA) is 34.6 Å². The van der Waals surface area contributed by atoms with Crippen molar-refractivity contribution in [1.29, 1.82) is 0 Å². The lowest BCUT2D eigenvalue weighted by Gasteiger charge is -2.33. The summed E-state index contributed by atoms with van der Waals surface area (Å²) in [6.45, 7) is 2.65. The van der Waals surface area contributed by atoms with E-state index >= 15 is 0 Å². The lowest BCUT2D eigenvalue weighted by molar-refractivity contribution is -0.134. The second kappa shape index (κ2) is 5.50. The van der Waals surface area contributed by atoms with Gasteiger partial charge in [-0.3, -0.25) is 0 Å². The summed E-state index contributed by atoms with van der Waals surface area (Å²) in [6, 6.07) is 0. The fourth-order valence-electron chi connectivity index (χ4n) is 2.55. The quantitative estimate of drug-likeness (QED) is 0.841. The molecule has 4 nitrogen and oxygen atoms in total. The van der Waals surface area contributed by atoms with E-state index < -0.39 is 11.1 Å². The Labute approximate surface area is 118 Å². The second-order valence-corrected chi connectivity index (χ2v) is 5.95. The van der Waals surface area contributed by atoms with Gasteiger partial charge in [-0.1, -0.05) is 11.3 Å². The molecule has 0 saturated carbocycles. The molecule has 20 heavy (non-hydrogen) atoms. The van der Waals surface area contributed by atoms with Crippen molar-refractivity contribution in [2.24, 2.45) is 5.92 Å². The first-order chi connectivity index (χ1) is 9.54. The molecule has 2 fully saturated rings. The molecule has 112 valence electrons. The molecule has 0 unspecified atom stereocenters. The fourth-order valence-corrected chi connectivity index (χ4v) is 3.39. The van der Waals surface area contributed by atoms with Gasteiger partial charge in [0, 0.05) is 19.0 Å². The van der Waals surface area contributed by atoms with Crippen molar-refractivity contribution in [3.63, 3.8) is 0 Å². The zero-order valence-corrected chi connectivity index (χ0v) is 11.5. The number of anilines is 1. The number of halogens is 3. The molecule has 0 aromatic carbocycles. The van der Waals surface area contributed by atoms with Gasteiger partial charge in [0.05, 0.1) is 19.4 Å². The van der Waals surface area contributed by atoms with Crippen molar-refractivity contribution in [2.75, 3.05) is 31.2 Å². The van der Waals surface area contributed by atoms with Gasteiger partial charge in [0.15, 0.2) is 11.4 Å². The largest absolute Gasteiger partial charge is 0.427 e. The molecule has 0 aliphatic carbocycles. The SMILES string of the molecule is FC(F)(F)c1cnc(N2CCC(C3OCCO3)CC2)s1. The Balaban J connectivity index is 1.59. The van der Waals surface area contributed by atoms with Crippen LogP contribution in [0.25, 0.3) is 0 Å². The first-order valence-corrected chi connectivity index (χ1v) is 7.37. The molecular formula is C12H15F3N2O2S. The maximum Gasteiger partial charge on any atom is 0.427 e. The first kappa shape index (κ1) is 14.1. The summed E-state index contributed by atoms with van der Waals surface area (Å²) in [5, 5.41) is 0.448. The highest BCUT2D eigenvalue weighted by molar-refractivity contribution is 7.15. The van der Waals surface area contributed by atoms with E-state index in [1.54, 1.807) is 0 Å². The van der Waals surface area contributed by atoms with Gasteiger partial charge in [0.1, 0.15) is 4.88 Å². The van der Waals surface area contributed by atoms with Crippen molar-refractivity contribution in [3.8, 4) is 0 Å². The summed E-state index contributed by atoms with van der Waals surface area (Å²) in [5.41, 5.74) is 0. The number of alkyl halides is 3. The van der Waals surface area contributed by atoms with E-state index in [0.29, 0.717) is 48.7 Å². The molecule has 2 aliphatic rings. The van der Waals surface area contributed by atoms with Crippen LogP contribution in [0.2, 0.25) is 0 Å². The van der Waals surface area contributed by atoms with Crippen molar-refractivity contribution in [3.05, 3.63) is 11.1 Å². The maximum absolute atomic E-state index is 12.6. The number of ether oxygens (including phenoxy) is 2. The average Bonchev–Trinajstić information content (AvgIpc) is 3.10. The van der Waals surface area contributed by atoms with Crippen molar-refractivity contribution in [1.82, 2.24) is 4.98 Å². The minimum Gasteiger partial charge on any atom is -0.350 e.